The molecule has 4 heteroatoms. The minimum atomic E-state index is 0.604. The van der Waals surface area contributed by atoms with Gasteiger partial charge < -0.3 is 9.13 Å². The average Bonchev–Trinajstić information content (AvgIpc) is 3.73. The van der Waals surface area contributed by atoms with E-state index in [0.29, 0.717) is 5.56 Å². The second kappa shape index (κ2) is 12.0. The molecule has 0 fully saturated rings. The molecule has 7 aromatic carbocycles. The van der Waals surface area contributed by atoms with Crippen LogP contribution in [0.2, 0.25) is 0 Å². The zero-order valence-corrected chi connectivity index (χ0v) is 28.1. The largest absolute Gasteiger partial charge is 0.307 e. The molecular formula is C48H30N4. The lowest BCUT2D eigenvalue weighted by Gasteiger charge is -2.20. The van der Waals surface area contributed by atoms with Gasteiger partial charge in [-0.05, 0) is 52.6 Å². The van der Waals surface area contributed by atoms with Crippen LogP contribution in [-0.2, 0) is 0 Å². The zero-order chi connectivity index (χ0) is 34.6. The quantitative estimate of drug-likeness (QED) is 0.184. The monoisotopic (exact) mass is 662 g/mol. The Bertz CT molecular complexity index is 2840. The van der Waals surface area contributed by atoms with Crippen LogP contribution >= 0.6 is 0 Å². The molecule has 0 aliphatic rings. The molecule has 0 bridgehead atoms. The summed E-state index contributed by atoms with van der Waals surface area (Å²) >= 11 is 0. The van der Waals surface area contributed by atoms with Crippen molar-refractivity contribution in [1.82, 2.24) is 14.1 Å². The van der Waals surface area contributed by atoms with Crippen LogP contribution in [0.1, 0.15) is 5.56 Å². The first-order valence-corrected chi connectivity index (χ1v) is 17.4. The molecule has 242 valence electrons. The Kier molecular flexibility index (Phi) is 6.84. The van der Waals surface area contributed by atoms with Crippen molar-refractivity contribution in [3.8, 4) is 50.8 Å². The van der Waals surface area contributed by atoms with Crippen molar-refractivity contribution in [2.24, 2.45) is 0 Å². The van der Waals surface area contributed by atoms with E-state index in [0.717, 1.165) is 88.4 Å². The zero-order valence-electron chi connectivity index (χ0n) is 28.1. The van der Waals surface area contributed by atoms with E-state index in [-0.39, 0.29) is 0 Å². The Morgan fingerprint density at radius 1 is 0.404 bits per heavy atom. The van der Waals surface area contributed by atoms with Gasteiger partial charge in [-0.1, -0.05) is 140 Å². The van der Waals surface area contributed by atoms with Crippen molar-refractivity contribution < 1.29 is 0 Å². The second-order valence-electron chi connectivity index (χ2n) is 13.1. The minimum absolute atomic E-state index is 0.604. The van der Waals surface area contributed by atoms with E-state index in [1.807, 2.05) is 42.7 Å². The standard InChI is InChI=1S/C48H30N4/c49-29-36-17-7-8-18-37(36)48-46(51-42-21-11-9-19-38(42)40-25-23-34(27-44(40)51)32-13-3-1-4-14-32)30-50-31-47(48)52-43-22-12-10-20-39(43)41-26-24-35(28-45(41)52)33-15-5-2-6-16-33/h1-28,30-31H. The summed E-state index contributed by atoms with van der Waals surface area (Å²) in [6, 6.07) is 62.0. The van der Waals surface area contributed by atoms with Crippen LogP contribution < -0.4 is 0 Å². The molecule has 0 aliphatic carbocycles. The van der Waals surface area contributed by atoms with E-state index in [9.17, 15) is 5.26 Å². The van der Waals surface area contributed by atoms with E-state index in [4.69, 9.17) is 4.98 Å². The number of hydrogen-bond donors (Lipinski definition) is 0. The highest BCUT2D eigenvalue weighted by molar-refractivity contribution is 6.13. The first-order valence-electron chi connectivity index (χ1n) is 17.4. The minimum Gasteiger partial charge on any atom is -0.307 e. The van der Waals surface area contributed by atoms with Crippen LogP contribution in [0.3, 0.4) is 0 Å². The molecule has 0 unspecified atom stereocenters. The maximum Gasteiger partial charge on any atom is 0.0998 e. The number of benzene rings is 7. The van der Waals surface area contributed by atoms with Crippen LogP contribution in [0, 0.1) is 11.3 Å². The summed E-state index contributed by atoms with van der Waals surface area (Å²) in [7, 11) is 0. The first-order chi connectivity index (χ1) is 25.8. The van der Waals surface area contributed by atoms with Gasteiger partial charge in [-0.15, -0.1) is 0 Å². The third-order valence-electron chi connectivity index (χ3n) is 10.3. The SMILES string of the molecule is N#Cc1ccccc1-c1c(-n2c3ccccc3c3ccc(-c4ccccc4)cc32)cncc1-n1c2ccccc2c2ccc(-c3ccccc3)cc21. The molecule has 0 radical (unpaired) electrons. The van der Waals surface area contributed by atoms with Crippen LogP contribution in [0.25, 0.3) is 88.4 Å². The topological polar surface area (TPSA) is 46.5 Å². The highest BCUT2D eigenvalue weighted by atomic mass is 15.0. The maximum absolute atomic E-state index is 10.6. The molecule has 0 atom stereocenters. The van der Waals surface area contributed by atoms with Crippen LogP contribution in [-0.4, -0.2) is 14.1 Å². The van der Waals surface area contributed by atoms with Crippen molar-refractivity contribution in [1.29, 1.82) is 5.26 Å². The van der Waals surface area contributed by atoms with Gasteiger partial charge in [0.2, 0.25) is 0 Å². The fourth-order valence-electron chi connectivity index (χ4n) is 7.93. The highest BCUT2D eigenvalue weighted by Gasteiger charge is 2.24. The lowest BCUT2D eigenvalue weighted by molar-refractivity contribution is 1.09. The van der Waals surface area contributed by atoms with Crippen LogP contribution in [0.5, 0.6) is 0 Å². The molecule has 0 N–H and O–H groups in total. The Labute approximate surface area is 300 Å². The highest BCUT2D eigenvalue weighted by Crippen LogP contribution is 2.43. The van der Waals surface area contributed by atoms with Gasteiger partial charge in [0, 0.05) is 32.7 Å². The van der Waals surface area contributed by atoms with E-state index in [1.165, 1.54) is 0 Å². The Balaban J connectivity index is 1.35. The van der Waals surface area contributed by atoms with Crippen LogP contribution in [0.4, 0.5) is 0 Å². The summed E-state index contributed by atoms with van der Waals surface area (Å²) in [6.45, 7) is 0. The summed E-state index contributed by atoms with van der Waals surface area (Å²) < 4.78 is 4.67. The number of para-hydroxylation sites is 2. The average molecular weight is 663 g/mol. The van der Waals surface area contributed by atoms with Gasteiger partial charge in [-0.3, -0.25) is 4.98 Å². The van der Waals surface area contributed by atoms with E-state index < -0.39 is 0 Å². The number of fused-ring (bicyclic) bond motifs is 6. The summed E-state index contributed by atoms with van der Waals surface area (Å²) in [6.07, 6.45) is 3.91. The van der Waals surface area contributed by atoms with Crippen molar-refractivity contribution in [3.63, 3.8) is 0 Å². The van der Waals surface area contributed by atoms with Gasteiger partial charge in [0.1, 0.15) is 0 Å². The van der Waals surface area contributed by atoms with Crippen molar-refractivity contribution in [3.05, 3.63) is 188 Å². The number of hydrogen-bond acceptors (Lipinski definition) is 2. The molecule has 0 amide bonds. The number of nitriles is 1. The van der Waals surface area contributed by atoms with Crippen molar-refractivity contribution in [2.45, 2.75) is 0 Å². The number of nitrogens with zero attached hydrogens (tertiary/aromatic N) is 4. The molecule has 10 rings (SSSR count). The predicted octanol–water partition coefficient (Wildman–Crippen LogP) is 12.1. The maximum atomic E-state index is 10.6. The smallest absolute Gasteiger partial charge is 0.0998 e. The van der Waals surface area contributed by atoms with E-state index >= 15 is 0 Å². The van der Waals surface area contributed by atoms with Gasteiger partial charge in [0.25, 0.3) is 0 Å². The summed E-state index contributed by atoms with van der Waals surface area (Å²) in [5.74, 6) is 0. The summed E-state index contributed by atoms with van der Waals surface area (Å²) in [4.78, 5) is 5.00. The normalized spacial score (nSPS) is 11.4. The molecule has 0 saturated carbocycles. The fraction of sp³-hybridized carbons (Fsp3) is 0. The second-order valence-corrected chi connectivity index (χ2v) is 13.1. The third kappa shape index (κ3) is 4.57. The third-order valence-corrected chi connectivity index (χ3v) is 10.3. The molecule has 0 saturated heterocycles. The van der Waals surface area contributed by atoms with Gasteiger partial charge >= 0.3 is 0 Å². The molecule has 52 heavy (non-hydrogen) atoms. The molecule has 3 aromatic heterocycles. The molecule has 0 aliphatic heterocycles. The Morgan fingerprint density at radius 3 is 1.37 bits per heavy atom. The number of rotatable bonds is 5. The lowest BCUT2D eigenvalue weighted by atomic mass is 9.97. The van der Waals surface area contributed by atoms with Gasteiger partial charge in [-0.2, -0.15) is 5.26 Å². The fourth-order valence-corrected chi connectivity index (χ4v) is 7.93. The Hall–Kier alpha value is -7.22. The molecule has 10 aromatic rings. The van der Waals surface area contributed by atoms with Crippen molar-refractivity contribution >= 4 is 43.6 Å². The number of pyridine rings is 1. The van der Waals surface area contributed by atoms with E-state index in [2.05, 4.69) is 155 Å². The predicted molar refractivity (Wildman–Crippen MR) is 214 cm³/mol. The lowest BCUT2D eigenvalue weighted by Crippen LogP contribution is -2.05. The first kappa shape index (κ1) is 29.7. The van der Waals surface area contributed by atoms with Crippen LogP contribution in [0.15, 0.2) is 182 Å². The van der Waals surface area contributed by atoms with Gasteiger partial charge in [0.15, 0.2) is 0 Å². The van der Waals surface area contributed by atoms with Gasteiger partial charge in [0.05, 0.1) is 57.5 Å². The molecular weight excluding hydrogens is 633 g/mol. The Morgan fingerprint density at radius 2 is 0.846 bits per heavy atom. The molecule has 0 spiro atoms. The number of aromatic nitrogens is 3. The van der Waals surface area contributed by atoms with E-state index in [1.54, 1.807) is 0 Å². The summed E-state index contributed by atoms with van der Waals surface area (Å²) in [5, 5.41) is 15.2. The van der Waals surface area contributed by atoms with Crippen molar-refractivity contribution in [2.75, 3.05) is 0 Å². The van der Waals surface area contributed by atoms with Gasteiger partial charge in [-0.25, -0.2) is 0 Å². The molecule has 3 heterocycles. The molecule has 4 nitrogen and oxygen atoms in total. The summed E-state index contributed by atoms with van der Waals surface area (Å²) in [5.41, 5.74) is 13.1.